The highest BCUT2D eigenvalue weighted by molar-refractivity contribution is 6.01. The number of carbonyl (C=O) groups is 2. The molecule has 1 saturated carbocycles. The monoisotopic (exact) mass is 153 g/mol. The van der Waals surface area contributed by atoms with Gasteiger partial charge in [0.25, 0.3) is 0 Å². The number of rotatable bonds is 0. The van der Waals surface area contributed by atoms with Crippen molar-refractivity contribution in [3.05, 3.63) is 0 Å². The van der Waals surface area contributed by atoms with Gasteiger partial charge in [-0.05, 0) is 12.8 Å². The fraction of sp³-hybridized carbons (Fsp3) is 0.750. The van der Waals surface area contributed by atoms with E-state index in [1.54, 1.807) is 0 Å². The number of carbonyl (C=O) groups excluding carboxylic acids is 2. The summed E-state index contributed by atoms with van der Waals surface area (Å²) in [5.41, 5.74) is 0. The molecule has 2 unspecified atom stereocenters. The Morgan fingerprint density at radius 2 is 2.27 bits per heavy atom. The van der Waals surface area contributed by atoms with Gasteiger partial charge in [0.2, 0.25) is 11.8 Å². The maximum atomic E-state index is 11.2. The standard InChI is InChI=1S/C8H11NO2/c1-5(10)9-7-4-2-3-6(7)8(9)11/h6-7H,2-4H2,1H3. The van der Waals surface area contributed by atoms with Crippen LogP contribution in [0, 0.1) is 5.92 Å². The molecule has 0 spiro atoms. The van der Waals surface area contributed by atoms with Crippen LogP contribution in [0.4, 0.5) is 0 Å². The number of imide groups is 1. The van der Waals surface area contributed by atoms with Crippen LogP contribution in [0.3, 0.4) is 0 Å². The molecule has 0 bridgehead atoms. The van der Waals surface area contributed by atoms with Crippen LogP contribution in [0.2, 0.25) is 0 Å². The minimum atomic E-state index is -0.0850. The summed E-state index contributed by atoms with van der Waals surface area (Å²) in [6, 6.07) is 0.264. The van der Waals surface area contributed by atoms with Crippen molar-refractivity contribution in [1.82, 2.24) is 4.90 Å². The van der Waals surface area contributed by atoms with Crippen molar-refractivity contribution in [2.45, 2.75) is 32.2 Å². The normalized spacial score (nSPS) is 35.0. The van der Waals surface area contributed by atoms with Crippen LogP contribution < -0.4 is 0 Å². The lowest BCUT2D eigenvalue weighted by molar-refractivity contribution is -0.162. The molecule has 60 valence electrons. The average Bonchev–Trinajstić information content (AvgIpc) is 2.30. The zero-order valence-corrected chi connectivity index (χ0v) is 6.54. The lowest BCUT2D eigenvalue weighted by atomic mass is 9.91. The van der Waals surface area contributed by atoms with Gasteiger partial charge in [-0.2, -0.15) is 0 Å². The highest BCUT2D eigenvalue weighted by atomic mass is 16.2. The number of likely N-dealkylation sites (tertiary alicyclic amines) is 1. The van der Waals surface area contributed by atoms with Gasteiger partial charge in [-0.1, -0.05) is 6.42 Å². The maximum absolute atomic E-state index is 11.2. The SMILES string of the molecule is CC(=O)N1C(=O)C2CCCC21. The van der Waals surface area contributed by atoms with Gasteiger partial charge in [0.05, 0.1) is 12.0 Å². The smallest absolute Gasteiger partial charge is 0.234 e. The molecule has 3 heteroatoms. The molecule has 0 aromatic carbocycles. The van der Waals surface area contributed by atoms with Crippen molar-refractivity contribution in [3.63, 3.8) is 0 Å². The summed E-state index contributed by atoms with van der Waals surface area (Å²) in [7, 11) is 0. The van der Waals surface area contributed by atoms with Crippen LogP contribution in [0.25, 0.3) is 0 Å². The summed E-state index contributed by atoms with van der Waals surface area (Å²) in [6.07, 6.45) is 3.12. The molecule has 0 radical (unpaired) electrons. The summed E-state index contributed by atoms with van der Waals surface area (Å²) >= 11 is 0. The number of β-lactam (4-membered cyclic amide) rings is 1. The van der Waals surface area contributed by atoms with Crippen molar-refractivity contribution < 1.29 is 9.59 Å². The van der Waals surface area contributed by atoms with E-state index < -0.39 is 0 Å². The van der Waals surface area contributed by atoms with Crippen LogP contribution in [0.1, 0.15) is 26.2 Å². The molecule has 3 nitrogen and oxygen atoms in total. The van der Waals surface area contributed by atoms with Gasteiger partial charge in [-0.15, -0.1) is 0 Å². The van der Waals surface area contributed by atoms with E-state index >= 15 is 0 Å². The van der Waals surface area contributed by atoms with E-state index in [2.05, 4.69) is 0 Å². The molecular weight excluding hydrogens is 142 g/mol. The Morgan fingerprint density at radius 3 is 2.91 bits per heavy atom. The second kappa shape index (κ2) is 2.06. The zero-order valence-electron chi connectivity index (χ0n) is 6.54. The highest BCUT2D eigenvalue weighted by Crippen LogP contribution is 2.39. The van der Waals surface area contributed by atoms with Crippen molar-refractivity contribution >= 4 is 11.8 Å². The molecule has 2 fully saturated rings. The zero-order chi connectivity index (χ0) is 8.01. The first-order valence-corrected chi connectivity index (χ1v) is 4.05. The van der Waals surface area contributed by atoms with Crippen LogP contribution in [-0.2, 0) is 9.59 Å². The third-order valence-corrected chi connectivity index (χ3v) is 2.71. The summed E-state index contributed by atoms with van der Waals surface area (Å²) < 4.78 is 0. The lowest BCUT2D eigenvalue weighted by Gasteiger charge is -2.41. The van der Waals surface area contributed by atoms with Crippen LogP contribution in [0.15, 0.2) is 0 Å². The van der Waals surface area contributed by atoms with Crippen LogP contribution >= 0.6 is 0 Å². The number of hydrogen-bond donors (Lipinski definition) is 0. The van der Waals surface area contributed by atoms with Gasteiger partial charge in [-0.25, -0.2) is 0 Å². The van der Waals surface area contributed by atoms with E-state index in [0.717, 1.165) is 19.3 Å². The lowest BCUT2D eigenvalue weighted by Crippen LogP contribution is -2.60. The van der Waals surface area contributed by atoms with Gasteiger partial charge in [0.1, 0.15) is 0 Å². The van der Waals surface area contributed by atoms with Gasteiger partial charge < -0.3 is 0 Å². The molecule has 2 aliphatic rings. The van der Waals surface area contributed by atoms with Crippen LogP contribution in [0.5, 0.6) is 0 Å². The van der Waals surface area contributed by atoms with Crippen LogP contribution in [-0.4, -0.2) is 22.8 Å². The van der Waals surface area contributed by atoms with Crippen molar-refractivity contribution in [2.24, 2.45) is 5.92 Å². The molecule has 0 aromatic heterocycles. The van der Waals surface area contributed by atoms with E-state index in [0.29, 0.717) is 0 Å². The number of amides is 2. The summed E-state index contributed by atoms with van der Waals surface area (Å²) in [4.78, 5) is 23.5. The first-order valence-electron chi connectivity index (χ1n) is 4.05. The Hall–Kier alpha value is -0.860. The maximum Gasteiger partial charge on any atom is 0.234 e. The Balaban J connectivity index is 2.15. The first kappa shape index (κ1) is 6.83. The fourth-order valence-corrected chi connectivity index (χ4v) is 2.19. The minimum absolute atomic E-state index is 0.0556. The molecule has 1 heterocycles. The van der Waals surface area contributed by atoms with Crippen molar-refractivity contribution in [3.8, 4) is 0 Å². The molecule has 2 atom stereocenters. The number of hydrogen-bond acceptors (Lipinski definition) is 2. The summed E-state index contributed by atoms with van der Waals surface area (Å²) in [5, 5.41) is 0. The molecule has 1 saturated heterocycles. The molecule has 2 amide bonds. The second-order valence-corrected chi connectivity index (χ2v) is 3.33. The first-order chi connectivity index (χ1) is 5.22. The van der Waals surface area contributed by atoms with E-state index in [4.69, 9.17) is 0 Å². The topological polar surface area (TPSA) is 37.4 Å². The van der Waals surface area contributed by atoms with Crippen molar-refractivity contribution in [1.29, 1.82) is 0 Å². The molecule has 1 aliphatic carbocycles. The van der Waals surface area contributed by atoms with Gasteiger partial charge in [0, 0.05) is 6.92 Å². The largest absolute Gasteiger partial charge is 0.279 e. The van der Waals surface area contributed by atoms with Gasteiger partial charge in [-0.3, -0.25) is 14.5 Å². The Bertz CT molecular complexity index is 224. The van der Waals surface area contributed by atoms with E-state index in [1.165, 1.54) is 11.8 Å². The quantitative estimate of drug-likeness (QED) is 0.476. The summed E-state index contributed by atoms with van der Waals surface area (Å²) in [6.45, 7) is 1.46. The average molecular weight is 153 g/mol. The molecule has 11 heavy (non-hydrogen) atoms. The third-order valence-electron chi connectivity index (χ3n) is 2.71. The predicted molar refractivity (Wildman–Crippen MR) is 38.7 cm³/mol. The van der Waals surface area contributed by atoms with Crippen molar-refractivity contribution in [2.75, 3.05) is 0 Å². The molecule has 1 aliphatic heterocycles. The molecular formula is C8H11NO2. The fourth-order valence-electron chi connectivity index (χ4n) is 2.19. The molecule has 2 rings (SSSR count). The Morgan fingerprint density at radius 1 is 1.55 bits per heavy atom. The second-order valence-electron chi connectivity index (χ2n) is 3.33. The van der Waals surface area contributed by atoms with Gasteiger partial charge >= 0.3 is 0 Å². The van der Waals surface area contributed by atoms with E-state index in [-0.39, 0.29) is 23.8 Å². The molecule has 0 aromatic rings. The highest BCUT2D eigenvalue weighted by Gasteiger charge is 2.51. The minimum Gasteiger partial charge on any atom is -0.279 e. The third kappa shape index (κ3) is 0.737. The Labute approximate surface area is 65.4 Å². The predicted octanol–water partition coefficient (Wildman–Crippen LogP) is 0.544. The number of nitrogens with zero attached hydrogens (tertiary/aromatic N) is 1. The summed E-state index contributed by atoms with van der Waals surface area (Å²) in [5.74, 6) is 0.164. The Kier molecular flexibility index (Phi) is 1.28. The van der Waals surface area contributed by atoms with Gasteiger partial charge in [0.15, 0.2) is 0 Å². The molecule has 0 N–H and O–H groups in total. The van der Waals surface area contributed by atoms with E-state index in [1.807, 2.05) is 0 Å². The number of fused-ring (bicyclic) bond motifs is 1. The van der Waals surface area contributed by atoms with E-state index in [9.17, 15) is 9.59 Å².